The van der Waals surface area contributed by atoms with Crippen LogP contribution in [0.15, 0.2) is 30.3 Å². The van der Waals surface area contributed by atoms with Crippen LogP contribution in [-0.4, -0.2) is 44.0 Å². The summed E-state index contributed by atoms with van der Waals surface area (Å²) < 4.78 is 11.2. The Morgan fingerprint density at radius 3 is 2.50 bits per heavy atom. The van der Waals surface area contributed by atoms with Crippen molar-refractivity contribution in [3.63, 3.8) is 0 Å². The summed E-state index contributed by atoms with van der Waals surface area (Å²) in [6, 6.07) is 10.9. The van der Waals surface area contributed by atoms with Crippen molar-refractivity contribution in [3.05, 3.63) is 35.9 Å². The predicted octanol–water partition coefficient (Wildman–Crippen LogP) is 3.27. The highest BCUT2D eigenvalue weighted by Crippen LogP contribution is 2.27. The van der Waals surface area contributed by atoms with Crippen LogP contribution in [0.1, 0.15) is 38.2 Å². The van der Waals surface area contributed by atoms with E-state index in [1.54, 1.807) is 0 Å². The molecule has 112 valence electrons. The summed E-state index contributed by atoms with van der Waals surface area (Å²) in [5, 5.41) is 0. The summed E-state index contributed by atoms with van der Waals surface area (Å²) in [6.07, 6.45) is 2.18. The molecule has 1 saturated heterocycles. The first-order chi connectivity index (χ1) is 9.83. The van der Waals surface area contributed by atoms with Gasteiger partial charge < -0.3 is 14.4 Å². The lowest BCUT2D eigenvalue weighted by Crippen LogP contribution is -2.27. The maximum absolute atomic E-state index is 5.60. The molecule has 1 unspecified atom stereocenters. The van der Waals surface area contributed by atoms with Crippen LogP contribution >= 0.6 is 0 Å². The molecule has 2 rings (SSSR count). The van der Waals surface area contributed by atoms with Gasteiger partial charge in [-0.05, 0) is 38.3 Å². The molecule has 0 amide bonds. The van der Waals surface area contributed by atoms with Gasteiger partial charge in [0.15, 0.2) is 6.29 Å². The molecule has 3 heteroatoms. The lowest BCUT2D eigenvalue weighted by Gasteiger charge is -2.21. The van der Waals surface area contributed by atoms with E-state index in [2.05, 4.69) is 35.2 Å². The molecule has 0 saturated carbocycles. The Balaban J connectivity index is 1.75. The molecule has 0 radical (unpaired) electrons. The van der Waals surface area contributed by atoms with E-state index in [1.165, 1.54) is 18.5 Å². The van der Waals surface area contributed by atoms with E-state index in [0.29, 0.717) is 5.92 Å². The number of nitrogens with zero attached hydrogens (tertiary/aromatic N) is 1. The monoisotopic (exact) mass is 277 g/mol. The average molecular weight is 277 g/mol. The molecule has 20 heavy (non-hydrogen) atoms. The van der Waals surface area contributed by atoms with E-state index >= 15 is 0 Å². The Hall–Kier alpha value is -0.900. The first-order valence-corrected chi connectivity index (χ1v) is 7.84. The van der Waals surface area contributed by atoms with Gasteiger partial charge in [-0.2, -0.15) is 0 Å². The van der Waals surface area contributed by atoms with E-state index in [0.717, 1.165) is 32.7 Å². The molecule has 0 aliphatic carbocycles. The van der Waals surface area contributed by atoms with Crippen LogP contribution in [0, 0.1) is 0 Å². The highest BCUT2D eigenvalue weighted by molar-refractivity contribution is 5.20. The van der Waals surface area contributed by atoms with Crippen molar-refractivity contribution in [2.24, 2.45) is 0 Å². The van der Waals surface area contributed by atoms with E-state index in [-0.39, 0.29) is 6.29 Å². The third kappa shape index (κ3) is 4.58. The zero-order chi connectivity index (χ0) is 14.2. The molecule has 1 atom stereocenters. The quantitative estimate of drug-likeness (QED) is 0.681. The van der Waals surface area contributed by atoms with Gasteiger partial charge in [-0.1, -0.05) is 30.3 Å². The molecule has 0 aromatic heterocycles. The Morgan fingerprint density at radius 1 is 1.15 bits per heavy atom. The van der Waals surface area contributed by atoms with Crippen LogP contribution in [-0.2, 0) is 9.47 Å². The SMILES string of the molecule is CCOC(CCN1CCC(c2ccccc2)C1)OCC. The van der Waals surface area contributed by atoms with Crippen LogP contribution in [0.2, 0.25) is 0 Å². The molecule has 0 spiro atoms. The first kappa shape index (κ1) is 15.5. The summed E-state index contributed by atoms with van der Waals surface area (Å²) in [7, 11) is 0. The van der Waals surface area contributed by atoms with Crippen molar-refractivity contribution in [1.82, 2.24) is 4.90 Å². The van der Waals surface area contributed by atoms with Gasteiger partial charge in [0, 0.05) is 32.7 Å². The topological polar surface area (TPSA) is 21.7 Å². The molecule has 0 N–H and O–H groups in total. The maximum atomic E-state index is 5.60. The summed E-state index contributed by atoms with van der Waals surface area (Å²) >= 11 is 0. The highest BCUT2D eigenvalue weighted by atomic mass is 16.7. The summed E-state index contributed by atoms with van der Waals surface area (Å²) in [5.74, 6) is 0.689. The molecule has 1 fully saturated rings. The normalized spacial score (nSPS) is 19.9. The van der Waals surface area contributed by atoms with Crippen molar-refractivity contribution in [3.8, 4) is 0 Å². The second kappa shape index (κ2) is 8.40. The molecule has 1 heterocycles. The summed E-state index contributed by atoms with van der Waals surface area (Å²) in [4.78, 5) is 2.53. The number of benzene rings is 1. The van der Waals surface area contributed by atoms with E-state index in [1.807, 2.05) is 13.8 Å². The third-order valence-electron chi connectivity index (χ3n) is 3.93. The van der Waals surface area contributed by atoms with Crippen molar-refractivity contribution in [2.75, 3.05) is 32.8 Å². The Labute approximate surface area is 122 Å². The molecule has 1 aliphatic rings. The second-order valence-electron chi connectivity index (χ2n) is 5.33. The second-order valence-corrected chi connectivity index (χ2v) is 5.33. The van der Waals surface area contributed by atoms with Gasteiger partial charge in [0.2, 0.25) is 0 Å². The van der Waals surface area contributed by atoms with Gasteiger partial charge in [0.25, 0.3) is 0 Å². The molecule has 1 aromatic rings. The predicted molar refractivity (Wildman–Crippen MR) is 81.9 cm³/mol. The zero-order valence-corrected chi connectivity index (χ0v) is 12.8. The number of hydrogen-bond acceptors (Lipinski definition) is 3. The molecule has 3 nitrogen and oxygen atoms in total. The average Bonchev–Trinajstić information content (AvgIpc) is 2.95. The van der Waals surface area contributed by atoms with E-state index in [9.17, 15) is 0 Å². The van der Waals surface area contributed by atoms with Gasteiger partial charge in [0.1, 0.15) is 0 Å². The van der Waals surface area contributed by atoms with Crippen LogP contribution < -0.4 is 0 Å². The zero-order valence-electron chi connectivity index (χ0n) is 12.8. The van der Waals surface area contributed by atoms with Crippen molar-refractivity contribution in [2.45, 2.75) is 38.9 Å². The van der Waals surface area contributed by atoms with Crippen molar-refractivity contribution in [1.29, 1.82) is 0 Å². The van der Waals surface area contributed by atoms with E-state index in [4.69, 9.17) is 9.47 Å². The number of ether oxygens (including phenoxy) is 2. The van der Waals surface area contributed by atoms with Gasteiger partial charge in [0.05, 0.1) is 0 Å². The number of hydrogen-bond donors (Lipinski definition) is 0. The fourth-order valence-electron chi connectivity index (χ4n) is 2.91. The van der Waals surface area contributed by atoms with Crippen LogP contribution in [0.25, 0.3) is 0 Å². The lowest BCUT2D eigenvalue weighted by molar-refractivity contribution is -0.141. The summed E-state index contributed by atoms with van der Waals surface area (Å²) in [5.41, 5.74) is 1.47. The highest BCUT2D eigenvalue weighted by Gasteiger charge is 2.24. The smallest absolute Gasteiger partial charge is 0.158 e. The minimum atomic E-state index is -0.0409. The maximum Gasteiger partial charge on any atom is 0.158 e. The lowest BCUT2D eigenvalue weighted by atomic mass is 9.99. The molecular formula is C17H27NO2. The largest absolute Gasteiger partial charge is 0.353 e. The van der Waals surface area contributed by atoms with Crippen molar-refractivity contribution < 1.29 is 9.47 Å². The first-order valence-electron chi connectivity index (χ1n) is 7.84. The van der Waals surface area contributed by atoms with Crippen molar-refractivity contribution >= 4 is 0 Å². The van der Waals surface area contributed by atoms with Gasteiger partial charge in [-0.3, -0.25) is 0 Å². The molecule has 1 aliphatic heterocycles. The van der Waals surface area contributed by atoms with Gasteiger partial charge in [-0.15, -0.1) is 0 Å². The fraction of sp³-hybridized carbons (Fsp3) is 0.647. The fourth-order valence-corrected chi connectivity index (χ4v) is 2.91. The van der Waals surface area contributed by atoms with Gasteiger partial charge in [-0.25, -0.2) is 0 Å². The van der Waals surface area contributed by atoms with Crippen LogP contribution in [0.5, 0.6) is 0 Å². The minimum absolute atomic E-state index is 0.0409. The Kier molecular flexibility index (Phi) is 6.51. The van der Waals surface area contributed by atoms with Gasteiger partial charge >= 0.3 is 0 Å². The third-order valence-corrected chi connectivity index (χ3v) is 3.93. The number of rotatable bonds is 8. The Morgan fingerprint density at radius 2 is 1.85 bits per heavy atom. The molecular weight excluding hydrogens is 250 g/mol. The number of likely N-dealkylation sites (tertiary alicyclic amines) is 1. The van der Waals surface area contributed by atoms with Crippen LogP contribution in [0.4, 0.5) is 0 Å². The molecule has 1 aromatic carbocycles. The summed E-state index contributed by atoms with van der Waals surface area (Å²) in [6.45, 7) is 8.89. The Bertz CT molecular complexity index is 363. The van der Waals surface area contributed by atoms with E-state index < -0.39 is 0 Å². The standard InChI is InChI=1S/C17H27NO2/c1-3-19-17(20-4-2)11-13-18-12-10-16(14-18)15-8-6-5-7-9-15/h5-9,16-17H,3-4,10-14H2,1-2H3. The minimum Gasteiger partial charge on any atom is -0.353 e. The van der Waals surface area contributed by atoms with Crippen LogP contribution in [0.3, 0.4) is 0 Å². The molecule has 0 bridgehead atoms.